The van der Waals surface area contributed by atoms with Crippen molar-refractivity contribution >= 4 is 23.4 Å². The van der Waals surface area contributed by atoms with Crippen LogP contribution < -0.4 is 15.0 Å². The Hall–Kier alpha value is -3.59. The fourth-order valence-electron chi connectivity index (χ4n) is 2.33. The van der Waals surface area contributed by atoms with Crippen molar-refractivity contribution in [2.75, 3.05) is 12.9 Å². The fourth-order valence-corrected chi connectivity index (χ4v) is 2.71. The van der Waals surface area contributed by atoms with Crippen LogP contribution in [-0.4, -0.2) is 44.9 Å². The van der Waals surface area contributed by atoms with Crippen LogP contribution in [0.15, 0.2) is 22.1 Å². The zero-order valence-electron chi connectivity index (χ0n) is 15.6. The molecule has 0 saturated carbocycles. The molecule has 2 aromatic rings. The van der Waals surface area contributed by atoms with Crippen LogP contribution in [0, 0.1) is 21.4 Å². The second-order valence-corrected chi connectivity index (χ2v) is 6.32. The van der Waals surface area contributed by atoms with Gasteiger partial charge in [-0.25, -0.2) is 9.78 Å². The number of nitro groups is 1. The summed E-state index contributed by atoms with van der Waals surface area (Å²) in [6.45, 7) is 2.94. The van der Waals surface area contributed by atoms with Crippen molar-refractivity contribution in [1.82, 2.24) is 9.97 Å². The van der Waals surface area contributed by atoms with Crippen molar-refractivity contribution in [2.45, 2.75) is 25.1 Å². The van der Waals surface area contributed by atoms with E-state index in [0.717, 1.165) is 17.8 Å². The fraction of sp³-hybridized carbons (Fsp3) is 0.294. The van der Waals surface area contributed by atoms with E-state index in [1.165, 1.54) is 13.0 Å². The van der Waals surface area contributed by atoms with E-state index in [1.54, 1.807) is 19.2 Å². The second kappa shape index (κ2) is 9.07. The number of nitriles is 1. The van der Waals surface area contributed by atoms with Gasteiger partial charge in [0, 0.05) is 11.6 Å². The smallest absolute Gasteiger partial charge is 0.344 e. The molecule has 152 valence electrons. The van der Waals surface area contributed by atoms with E-state index in [9.17, 15) is 25.0 Å². The lowest BCUT2D eigenvalue weighted by Crippen LogP contribution is -2.23. The highest BCUT2D eigenvalue weighted by Crippen LogP contribution is 2.42. The number of aliphatic carboxylic acids is 1. The SMILES string of the molecule is CCOc1cc(-c2nc(SC)[nH]c(=O)c2C#N)cc([N+](=O)[O-])c1OC(C)C(=O)O. The van der Waals surface area contributed by atoms with Crippen LogP contribution in [0.1, 0.15) is 19.4 Å². The number of hydrogen-bond acceptors (Lipinski definition) is 9. The molecular weight excluding hydrogens is 404 g/mol. The van der Waals surface area contributed by atoms with Gasteiger partial charge in [-0.2, -0.15) is 5.26 Å². The van der Waals surface area contributed by atoms with Crippen LogP contribution in [0.3, 0.4) is 0 Å². The molecule has 1 aromatic carbocycles. The third-order valence-corrected chi connectivity index (χ3v) is 4.23. The molecule has 2 rings (SSSR count). The summed E-state index contributed by atoms with van der Waals surface area (Å²) < 4.78 is 10.7. The number of aromatic amines is 1. The van der Waals surface area contributed by atoms with E-state index in [0.29, 0.717) is 0 Å². The van der Waals surface area contributed by atoms with E-state index in [2.05, 4.69) is 9.97 Å². The van der Waals surface area contributed by atoms with Crippen LogP contribution in [0.5, 0.6) is 11.5 Å². The van der Waals surface area contributed by atoms with Crippen molar-refractivity contribution in [3.8, 4) is 28.8 Å². The summed E-state index contributed by atoms with van der Waals surface area (Å²) >= 11 is 1.12. The molecular formula is C17H16N4O7S. The average Bonchev–Trinajstić information content (AvgIpc) is 2.68. The average molecular weight is 420 g/mol. The van der Waals surface area contributed by atoms with E-state index >= 15 is 0 Å². The number of nitrogens with one attached hydrogen (secondary N) is 1. The Morgan fingerprint density at radius 3 is 2.72 bits per heavy atom. The monoisotopic (exact) mass is 420 g/mol. The number of nitrogens with zero attached hydrogens (tertiary/aromatic N) is 3. The largest absolute Gasteiger partial charge is 0.490 e. The summed E-state index contributed by atoms with van der Waals surface area (Å²) in [6.07, 6.45) is 0.279. The summed E-state index contributed by atoms with van der Waals surface area (Å²) in [5.41, 5.74) is -1.60. The highest BCUT2D eigenvalue weighted by molar-refractivity contribution is 7.98. The molecule has 0 bridgehead atoms. The summed E-state index contributed by atoms with van der Waals surface area (Å²) in [5.74, 6) is -1.80. The first-order chi connectivity index (χ1) is 13.7. The summed E-state index contributed by atoms with van der Waals surface area (Å²) in [7, 11) is 0. The number of aromatic nitrogens is 2. The van der Waals surface area contributed by atoms with Gasteiger partial charge >= 0.3 is 11.7 Å². The molecule has 29 heavy (non-hydrogen) atoms. The third-order valence-electron chi connectivity index (χ3n) is 3.65. The standard InChI is InChI=1S/C17H16N4O7S/c1-4-27-12-6-9(13-10(7-18)15(22)20-17(19-13)29-3)5-11(21(25)26)14(12)28-8(2)16(23)24/h5-6,8H,4H2,1-3H3,(H,23,24)(H,19,20,22). The molecule has 1 atom stereocenters. The number of hydrogen-bond donors (Lipinski definition) is 2. The normalized spacial score (nSPS) is 11.4. The molecule has 0 amide bonds. The highest BCUT2D eigenvalue weighted by Gasteiger charge is 2.28. The van der Waals surface area contributed by atoms with Crippen molar-refractivity contribution in [3.63, 3.8) is 0 Å². The molecule has 12 heteroatoms. The molecule has 1 unspecified atom stereocenters. The minimum absolute atomic E-state index is 0.0671. The van der Waals surface area contributed by atoms with Gasteiger partial charge in [0.1, 0.15) is 11.6 Å². The van der Waals surface area contributed by atoms with Gasteiger partial charge in [-0.15, -0.1) is 0 Å². The Labute approximate surface area is 168 Å². The van der Waals surface area contributed by atoms with E-state index < -0.39 is 28.2 Å². The predicted octanol–water partition coefficient (Wildman–Crippen LogP) is 2.19. The Morgan fingerprint density at radius 1 is 1.52 bits per heavy atom. The van der Waals surface area contributed by atoms with Gasteiger partial charge in [0.15, 0.2) is 17.0 Å². The number of ether oxygens (including phenoxy) is 2. The van der Waals surface area contributed by atoms with Crippen LogP contribution in [0.4, 0.5) is 5.69 Å². The molecule has 1 aromatic heterocycles. The van der Waals surface area contributed by atoms with Gasteiger partial charge in [0.2, 0.25) is 5.75 Å². The van der Waals surface area contributed by atoms with E-state index in [1.807, 2.05) is 0 Å². The van der Waals surface area contributed by atoms with Crippen molar-refractivity contribution in [3.05, 3.63) is 38.2 Å². The molecule has 1 heterocycles. The minimum Gasteiger partial charge on any atom is -0.490 e. The first-order valence-corrected chi connectivity index (χ1v) is 9.39. The molecule has 0 radical (unpaired) electrons. The maximum Gasteiger partial charge on any atom is 0.344 e. The number of carboxylic acids is 1. The zero-order chi connectivity index (χ0) is 21.7. The van der Waals surface area contributed by atoms with E-state index in [-0.39, 0.29) is 40.1 Å². The van der Waals surface area contributed by atoms with Crippen molar-refractivity contribution in [2.24, 2.45) is 0 Å². The lowest BCUT2D eigenvalue weighted by molar-refractivity contribution is -0.386. The molecule has 0 spiro atoms. The molecule has 0 aliphatic heterocycles. The number of thioether (sulfide) groups is 1. The van der Waals surface area contributed by atoms with Crippen LogP contribution in [-0.2, 0) is 4.79 Å². The van der Waals surface area contributed by atoms with Crippen LogP contribution in [0.25, 0.3) is 11.3 Å². The zero-order valence-corrected chi connectivity index (χ0v) is 16.4. The predicted molar refractivity (Wildman–Crippen MR) is 102 cm³/mol. The number of benzene rings is 1. The van der Waals surface area contributed by atoms with Gasteiger partial charge in [0.05, 0.1) is 17.2 Å². The Kier molecular flexibility index (Phi) is 6.79. The number of rotatable bonds is 8. The summed E-state index contributed by atoms with van der Waals surface area (Å²) in [4.78, 5) is 40.7. The molecule has 0 saturated heterocycles. The first-order valence-electron chi connectivity index (χ1n) is 8.16. The minimum atomic E-state index is -1.38. The lowest BCUT2D eigenvalue weighted by atomic mass is 10.1. The maximum atomic E-state index is 12.2. The second-order valence-electron chi connectivity index (χ2n) is 5.52. The summed E-state index contributed by atoms with van der Waals surface area (Å²) in [6, 6.07) is 4.11. The lowest BCUT2D eigenvalue weighted by Gasteiger charge is -2.16. The van der Waals surface area contributed by atoms with Gasteiger partial charge in [0.25, 0.3) is 5.56 Å². The van der Waals surface area contributed by atoms with Crippen molar-refractivity contribution < 1.29 is 24.3 Å². The van der Waals surface area contributed by atoms with Gasteiger partial charge in [-0.05, 0) is 26.2 Å². The number of H-pyrrole nitrogens is 1. The van der Waals surface area contributed by atoms with Crippen molar-refractivity contribution in [1.29, 1.82) is 5.26 Å². The van der Waals surface area contributed by atoms with Gasteiger partial charge in [-0.1, -0.05) is 11.8 Å². The molecule has 0 aliphatic carbocycles. The van der Waals surface area contributed by atoms with Crippen LogP contribution in [0.2, 0.25) is 0 Å². The van der Waals surface area contributed by atoms with Gasteiger partial charge in [-0.3, -0.25) is 14.9 Å². The highest BCUT2D eigenvalue weighted by atomic mass is 32.2. The van der Waals surface area contributed by atoms with E-state index in [4.69, 9.17) is 14.6 Å². The Morgan fingerprint density at radius 2 is 2.21 bits per heavy atom. The van der Waals surface area contributed by atoms with Gasteiger partial charge < -0.3 is 19.6 Å². The number of carbonyl (C=O) groups is 1. The first kappa shape index (κ1) is 21.7. The quantitative estimate of drug-likeness (QED) is 0.279. The van der Waals surface area contributed by atoms with Crippen LogP contribution >= 0.6 is 11.8 Å². The molecule has 0 fully saturated rings. The summed E-state index contributed by atoms with van der Waals surface area (Å²) in [5, 5.41) is 30.2. The Balaban J connectivity index is 2.81. The topological polar surface area (TPSA) is 168 Å². The molecule has 11 nitrogen and oxygen atoms in total. The Bertz CT molecular complexity index is 1060. The molecule has 0 aliphatic rings. The molecule has 2 N–H and O–H groups in total. The number of carboxylic acid groups (broad SMARTS) is 1. The number of nitro benzene ring substituents is 1. The third kappa shape index (κ3) is 4.64. The maximum absolute atomic E-state index is 12.2.